The zero-order valence-electron chi connectivity index (χ0n) is 7.81. The molecule has 0 amide bonds. The summed E-state index contributed by atoms with van der Waals surface area (Å²) < 4.78 is 0. The van der Waals surface area contributed by atoms with Crippen molar-refractivity contribution in [2.75, 3.05) is 19.6 Å². The van der Waals surface area contributed by atoms with Crippen molar-refractivity contribution < 1.29 is 0 Å². The summed E-state index contributed by atoms with van der Waals surface area (Å²) in [5.74, 6) is 0.912. The molecule has 0 spiro atoms. The van der Waals surface area contributed by atoms with Crippen LogP contribution in [-0.2, 0) is 0 Å². The summed E-state index contributed by atoms with van der Waals surface area (Å²) in [6.45, 7) is 3.73. The van der Waals surface area contributed by atoms with Gasteiger partial charge in [0, 0.05) is 6.04 Å². The highest BCUT2D eigenvalue weighted by molar-refractivity contribution is 4.83. The van der Waals surface area contributed by atoms with E-state index in [9.17, 15) is 0 Å². The summed E-state index contributed by atoms with van der Waals surface area (Å²) in [4.78, 5) is 0. The van der Waals surface area contributed by atoms with E-state index in [4.69, 9.17) is 0 Å². The molecule has 2 rings (SSSR count). The molecule has 0 aromatic carbocycles. The van der Waals surface area contributed by atoms with Gasteiger partial charge >= 0.3 is 0 Å². The molecule has 0 aromatic heterocycles. The van der Waals surface area contributed by atoms with E-state index in [0.29, 0.717) is 0 Å². The zero-order valence-corrected chi connectivity index (χ0v) is 7.81. The van der Waals surface area contributed by atoms with Gasteiger partial charge in [0.25, 0.3) is 0 Å². The normalized spacial score (nSPS) is 38.0. The Labute approximate surface area is 75.1 Å². The second kappa shape index (κ2) is 4.24. The Hall–Kier alpha value is -0.0800. The predicted molar refractivity (Wildman–Crippen MR) is 51.2 cm³/mol. The van der Waals surface area contributed by atoms with Crippen molar-refractivity contribution in [3.63, 3.8) is 0 Å². The fourth-order valence-electron chi connectivity index (χ4n) is 2.50. The summed E-state index contributed by atoms with van der Waals surface area (Å²) >= 11 is 0. The molecule has 0 aliphatic carbocycles. The van der Waals surface area contributed by atoms with E-state index >= 15 is 0 Å². The summed E-state index contributed by atoms with van der Waals surface area (Å²) in [7, 11) is 0. The SMILES string of the molecule is C1CC[C@@H]2CNCCC[C@H]2NC1. The molecule has 0 bridgehead atoms. The van der Waals surface area contributed by atoms with Gasteiger partial charge in [0.15, 0.2) is 0 Å². The van der Waals surface area contributed by atoms with Gasteiger partial charge in [-0.25, -0.2) is 0 Å². The van der Waals surface area contributed by atoms with E-state index in [1.54, 1.807) is 0 Å². The molecule has 2 nitrogen and oxygen atoms in total. The lowest BCUT2D eigenvalue weighted by molar-refractivity contribution is 0.357. The first-order valence-corrected chi connectivity index (χ1v) is 5.41. The molecule has 0 unspecified atom stereocenters. The Balaban J connectivity index is 1.94. The lowest BCUT2D eigenvalue weighted by Gasteiger charge is -2.22. The van der Waals surface area contributed by atoms with Crippen molar-refractivity contribution in [3.8, 4) is 0 Å². The molecule has 0 radical (unpaired) electrons. The fraction of sp³-hybridized carbons (Fsp3) is 1.00. The van der Waals surface area contributed by atoms with E-state index in [1.165, 1.54) is 51.7 Å². The van der Waals surface area contributed by atoms with Gasteiger partial charge in [0.05, 0.1) is 0 Å². The van der Waals surface area contributed by atoms with E-state index in [-0.39, 0.29) is 0 Å². The highest BCUT2D eigenvalue weighted by Crippen LogP contribution is 2.20. The Morgan fingerprint density at radius 3 is 2.92 bits per heavy atom. The third kappa shape index (κ3) is 1.99. The number of hydrogen-bond acceptors (Lipinski definition) is 2. The van der Waals surface area contributed by atoms with Crippen molar-refractivity contribution in [3.05, 3.63) is 0 Å². The third-order valence-corrected chi connectivity index (χ3v) is 3.25. The molecule has 2 heterocycles. The van der Waals surface area contributed by atoms with Crippen molar-refractivity contribution >= 4 is 0 Å². The van der Waals surface area contributed by atoms with Gasteiger partial charge in [-0.3, -0.25) is 0 Å². The van der Waals surface area contributed by atoms with Crippen LogP contribution in [0.3, 0.4) is 0 Å². The van der Waals surface area contributed by atoms with Gasteiger partial charge in [0.1, 0.15) is 0 Å². The molecule has 2 aliphatic heterocycles. The highest BCUT2D eigenvalue weighted by atomic mass is 15.0. The number of rotatable bonds is 0. The molecule has 2 N–H and O–H groups in total. The van der Waals surface area contributed by atoms with E-state index < -0.39 is 0 Å². The van der Waals surface area contributed by atoms with Crippen LogP contribution in [0.25, 0.3) is 0 Å². The van der Waals surface area contributed by atoms with Crippen LogP contribution in [0.15, 0.2) is 0 Å². The van der Waals surface area contributed by atoms with Gasteiger partial charge in [-0.15, -0.1) is 0 Å². The van der Waals surface area contributed by atoms with Gasteiger partial charge in [0.2, 0.25) is 0 Å². The highest BCUT2D eigenvalue weighted by Gasteiger charge is 2.24. The maximum Gasteiger partial charge on any atom is 0.0108 e. The maximum atomic E-state index is 3.68. The number of nitrogens with one attached hydrogen (secondary N) is 2. The van der Waals surface area contributed by atoms with Crippen molar-refractivity contribution in [2.45, 2.75) is 38.1 Å². The standard InChI is InChI=1S/C10H20N2/c1-2-7-12-10-5-3-6-11-8-9(10)4-1/h9-12H,1-8H2/t9-,10-/m1/s1. The predicted octanol–water partition coefficient (Wildman–Crippen LogP) is 1.13. The van der Waals surface area contributed by atoms with Crippen LogP contribution in [0.1, 0.15) is 32.1 Å². The minimum Gasteiger partial charge on any atom is -0.316 e. The Morgan fingerprint density at radius 1 is 0.917 bits per heavy atom. The molecule has 2 heteroatoms. The van der Waals surface area contributed by atoms with Crippen LogP contribution in [-0.4, -0.2) is 25.7 Å². The lowest BCUT2D eigenvalue weighted by atomic mass is 9.93. The number of hydrogen-bond donors (Lipinski definition) is 2. The average molecular weight is 168 g/mol. The Kier molecular flexibility index (Phi) is 3.01. The van der Waals surface area contributed by atoms with Gasteiger partial charge in [-0.2, -0.15) is 0 Å². The summed E-state index contributed by atoms with van der Waals surface area (Å²) in [6.07, 6.45) is 6.99. The average Bonchev–Trinajstić information content (AvgIpc) is 2.38. The second-order valence-electron chi connectivity index (χ2n) is 4.16. The van der Waals surface area contributed by atoms with E-state index in [0.717, 1.165) is 12.0 Å². The molecule has 12 heavy (non-hydrogen) atoms. The van der Waals surface area contributed by atoms with Crippen LogP contribution < -0.4 is 10.6 Å². The quantitative estimate of drug-likeness (QED) is 0.566. The van der Waals surface area contributed by atoms with E-state index in [1.807, 2.05) is 0 Å². The summed E-state index contributed by atoms with van der Waals surface area (Å²) in [6, 6.07) is 0.822. The molecule has 70 valence electrons. The largest absolute Gasteiger partial charge is 0.316 e. The number of fused-ring (bicyclic) bond motifs is 1. The fourth-order valence-corrected chi connectivity index (χ4v) is 2.50. The van der Waals surface area contributed by atoms with Crippen LogP contribution in [0.5, 0.6) is 0 Å². The van der Waals surface area contributed by atoms with Crippen LogP contribution in [0.2, 0.25) is 0 Å². The lowest BCUT2D eigenvalue weighted by Crippen LogP contribution is -2.37. The van der Waals surface area contributed by atoms with Crippen molar-refractivity contribution in [1.29, 1.82) is 0 Å². The van der Waals surface area contributed by atoms with Gasteiger partial charge in [-0.05, 0) is 51.2 Å². The Bertz CT molecular complexity index is 108. The first-order valence-electron chi connectivity index (χ1n) is 5.41. The van der Waals surface area contributed by atoms with Gasteiger partial charge < -0.3 is 10.6 Å². The maximum absolute atomic E-state index is 3.68. The molecule has 2 aliphatic rings. The van der Waals surface area contributed by atoms with E-state index in [2.05, 4.69) is 10.6 Å². The van der Waals surface area contributed by atoms with Gasteiger partial charge in [-0.1, -0.05) is 6.42 Å². The molecule has 2 saturated heterocycles. The molecular formula is C10H20N2. The minimum absolute atomic E-state index is 0.822. The van der Waals surface area contributed by atoms with Crippen LogP contribution in [0, 0.1) is 5.92 Å². The molecule has 0 aromatic rings. The molecule has 2 atom stereocenters. The summed E-state index contributed by atoms with van der Waals surface area (Å²) in [5.41, 5.74) is 0. The van der Waals surface area contributed by atoms with Crippen LogP contribution in [0.4, 0.5) is 0 Å². The third-order valence-electron chi connectivity index (χ3n) is 3.25. The topological polar surface area (TPSA) is 24.1 Å². The Morgan fingerprint density at radius 2 is 1.92 bits per heavy atom. The molecular weight excluding hydrogens is 148 g/mol. The minimum atomic E-state index is 0.822. The smallest absolute Gasteiger partial charge is 0.0108 e. The monoisotopic (exact) mass is 168 g/mol. The first-order chi connectivity index (χ1) is 5.97. The van der Waals surface area contributed by atoms with Crippen molar-refractivity contribution in [1.82, 2.24) is 10.6 Å². The summed E-state index contributed by atoms with van der Waals surface area (Å²) in [5, 5.41) is 7.22. The zero-order chi connectivity index (χ0) is 8.23. The second-order valence-corrected chi connectivity index (χ2v) is 4.16. The van der Waals surface area contributed by atoms with Crippen molar-refractivity contribution in [2.24, 2.45) is 5.92 Å². The first kappa shape index (κ1) is 8.52. The van der Waals surface area contributed by atoms with Crippen LogP contribution >= 0.6 is 0 Å². The molecule has 0 saturated carbocycles. The molecule has 2 fully saturated rings.